The van der Waals surface area contributed by atoms with Crippen LogP contribution < -0.4 is 5.32 Å². The lowest BCUT2D eigenvalue weighted by molar-refractivity contribution is 0.0713. The van der Waals surface area contributed by atoms with Crippen LogP contribution in [0.3, 0.4) is 0 Å². The largest absolute Gasteiger partial charge is 0.390 e. The molecule has 6 heteroatoms. The number of hydrogen-bond donors (Lipinski definition) is 3. The number of aliphatic hydroxyl groups is 1. The van der Waals surface area contributed by atoms with Crippen molar-refractivity contribution >= 4 is 16.9 Å². The summed E-state index contributed by atoms with van der Waals surface area (Å²) in [5.74, 6) is 0.251. The van der Waals surface area contributed by atoms with E-state index in [4.69, 9.17) is 0 Å². The molecule has 0 spiro atoms. The minimum Gasteiger partial charge on any atom is -0.390 e. The Kier molecular flexibility index (Phi) is 5.56. The summed E-state index contributed by atoms with van der Waals surface area (Å²) < 4.78 is 13.2. The first-order chi connectivity index (χ1) is 12.8. The number of halogens is 1. The van der Waals surface area contributed by atoms with Gasteiger partial charge in [-0.25, -0.2) is 9.37 Å². The van der Waals surface area contributed by atoms with E-state index in [1.165, 1.54) is 12.1 Å². The lowest BCUT2D eigenvalue weighted by Crippen LogP contribution is -2.26. The quantitative estimate of drug-likeness (QED) is 0.597. The highest BCUT2D eigenvalue weighted by Crippen LogP contribution is 2.14. The second-order valence-corrected chi connectivity index (χ2v) is 7.36. The predicted octanol–water partition coefficient (Wildman–Crippen LogP) is 3.38. The standard InChI is InChI=1S/C21H24FN3O2/c1-21(2,27)11-9-14-3-5-15(6-4-14)20(26)23-12-10-19-24-17-8-7-16(22)13-18(17)25-19/h3-8,13,27H,9-12H2,1-2H3,(H,23,26)(H,24,25). The molecule has 0 unspecified atom stereocenters. The Morgan fingerprint density at radius 1 is 1.19 bits per heavy atom. The van der Waals surface area contributed by atoms with Crippen LogP contribution in [0.25, 0.3) is 11.0 Å². The number of nitrogens with one attached hydrogen (secondary N) is 2. The van der Waals surface area contributed by atoms with Crippen LogP contribution in [0.4, 0.5) is 4.39 Å². The van der Waals surface area contributed by atoms with Gasteiger partial charge in [0.05, 0.1) is 16.6 Å². The Bertz CT molecular complexity index is 927. The van der Waals surface area contributed by atoms with Crippen molar-refractivity contribution in [3.8, 4) is 0 Å². The first-order valence-corrected chi connectivity index (χ1v) is 9.04. The van der Waals surface area contributed by atoms with Gasteiger partial charge in [-0.15, -0.1) is 0 Å². The minimum absolute atomic E-state index is 0.147. The molecule has 3 N–H and O–H groups in total. The van der Waals surface area contributed by atoms with Crippen LogP contribution in [0.2, 0.25) is 0 Å². The van der Waals surface area contributed by atoms with E-state index in [9.17, 15) is 14.3 Å². The van der Waals surface area contributed by atoms with Crippen molar-refractivity contribution in [2.75, 3.05) is 6.54 Å². The molecule has 0 fully saturated rings. The van der Waals surface area contributed by atoms with Crippen LogP contribution in [-0.4, -0.2) is 33.1 Å². The van der Waals surface area contributed by atoms with Crippen LogP contribution in [0.1, 0.15) is 42.0 Å². The molecule has 3 rings (SSSR count). The molecule has 1 heterocycles. The molecule has 3 aromatic rings. The van der Waals surface area contributed by atoms with Gasteiger partial charge in [-0.1, -0.05) is 12.1 Å². The van der Waals surface area contributed by atoms with Gasteiger partial charge < -0.3 is 15.4 Å². The molecule has 5 nitrogen and oxygen atoms in total. The Hall–Kier alpha value is -2.73. The van der Waals surface area contributed by atoms with Crippen molar-refractivity contribution in [2.45, 2.75) is 38.7 Å². The highest BCUT2D eigenvalue weighted by atomic mass is 19.1. The molecule has 27 heavy (non-hydrogen) atoms. The summed E-state index contributed by atoms with van der Waals surface area (Å²) in [7, 11) is 0. The van der Waals surface area contributed by atoms with Gasteiger partial charge in [0, 0.05) is 18.5 Å². The van der Waals surface area contributed by atoms with Gasteiger partial charge in [-0.05, 0) is 62.6 Å². The van der Waals surface area contributed by atoms with E-state index < -0.39 is 5.60 Å². The van der Waals surface area contributed by atoms with E-state index >= 15 is 0 Å². The second-order valence-electron chi connectivity index (χ2n) is 7.36. The predicted molar refractivity (Wildman–Crippen MR) is 103 cm³/mol. The third kappa shape index (κ3) is 5.37. The number of nitrogens with zero attached hydrogens (tertiary/aromatic N) is 1. The summed E-state index contributed by atoms with van der Waals surface area (Å²) in [6, 6.07) is 11.8. The topological polar surface area (TPSA) is 78.0 Å². The van der Waals surface area contributed by atoms with Gasteiger partial charge in [0.2, 0.25) is 0 Å². The maximum absolute atomic E-state index is 13.2. The summed E-state index contributed by atoms with van der Waals surface area (Å²) in [6.07, 6.45) is 1.96. The first-order valence-electron chi connectivity index (χ1n) is 9.04. The van der Waals surface area contributed by atoms with Crippen molar-refractivity contribution in [1.29, 1.82) is 0 Å². The van der Waals surface area contributed by atoms with E-state index in [0.717, 1.165) is 12.0 Å². The molecule has 0 saturated heterocycles. The molecule has 0 bridgehead atoms. The SMILES string of the molecule is CC(C)(O)CCc1ccc(C(=O)NCCc2nc3ccc(F)cc3[nH]2)cc1. The fourth-order valence-corrected chi connectivity index (χ4v) is 2.82. The Balaban J connectivity index is 1.51. The van der Waals surface area contributed by atoms with E-state index in [1.807, 2.05) is 12.1 Å². The number of carbonyl (C=O) groups excluding carboxylic acids is 1. The molecule has 2 aromatic carbocycles. The zero-order valence-electron chi connectivity index (χ0n) is 15.6. The van der Waals surface area contributed by atoms with Crippen molar-refractivity contribution in [3.05, 3.63) is 65.2 Å². The molecular weight excluding hydrogens is 345 g/mol. The normalized spacial score (nSPS) is 11.7. The highest BCUT2D eigenvalue weighted by Gasteiger charge is 2.12. The molecule has 1 aromatic heterocycles. The van der Waals surface area contributed by atoms with Gasteiger partial charge in [0.15, 0.2) is 0 Å². The average molecular weight is 369 g/mol. The summed E-state index contributed by atoms with van der Waals surface area (Å²) in [4.78, 5) is 19.7. The first kappa shape index (κ1) is 19.0. The van der Waals surface area contributed by atoms with Gasteiger partial charge in [0.1, 0.15) is 11.6 Å². The third-order valence-corrected chi connectivity index (χ3v) is 4.38. The van der Waals surface area contributed by atoms with Gasteiger partial charge in [-0.2, -0.15) is 0 Å². The monoisotopic (exact) mass is 369 g/mol. The third-order valence-electron chi connectivity index (χ3n) is 4.38. The van der Waals surface area contributed by atoms with Crippen LogP contribution in [0, 0.1) is 5.82 Å². The number of rotatable bonds is 7. The Morgan fingerprint density at radius 3 is 2.63 bits per heavy atom. The number of aromatic nitrogens is 2. The number of benzene rings is 2. The van der Waals surface area contributed by atoms with Gasteiger partial charge in [-0.3, -0.25) is 4.79 Å². The number of hydrogen-bond acceptors (Lipinski definition) is 3. The summed E-state index contributed by atoms with van der Waals surface area (Å²) in [5, 5.41) is 12.6. The number of fused-ring (bicyclic) bond motifs is 1. The lowest BCUT2D eigenvalue weighted by atomic mass is 9.98. The maximum atomic E-state index is 13.2. The van der Waals surface area contributed by atoms with Gasteiger partial charge in [0.25, 0.3) is 5.91 Å². The molecule has 0 atom stereocenters. The zero-order valence-corrected chi connectivity index (χ0v) is 15.6. The highest BCUT2D eigenvalue weighted by molar-refractivity contribution is 5.94. The minimum atomic E-state index is -0.696. The number of amides is 1. The molecule has 0 aliphatic carbocycles. The summed E-state index contributed by atoms with van der Waals surface area (Å²) >= 11 is 0. The smallest absolute Gasteiger partial charge is 0.251 e. The molecule has 0 saturated carbocycles. The number of imidazole rings is 1. The van der Waals surface area contributed by atoms with Gasteiger partial charge >= 0.3 is 0 Å². The van der Waals surface area contributed by atoms with Crippen LogP contribution in [-0.2, 0) is 12.8 Å². The Morgan fingerprint density at radius 2 is 1.93 bits per heavy atom. The average Bonchev–Trinajstić information content (AvgIpc) is 3.01. The van der Waals surface area contributed by atoms with E-state index in [-0.39, 0.29) is 11.7 Å². The number of aryl methyl sites for hydroxylation is 1. The van der Waals surface area contributed by atoms with Crippen LogP contribution in [0.5, 0.6) is 0 Å². The fraction of sp³-hybridized carbons (Fsp3) is 0.333. The molecule has 0 aliphatic heterocycles. The summed E-state index contributed by atoms with van der Waals surface area (Å²) in [5.41, 5.74) is 2.34. The van der Waals surface area contributed by atoms with E-state index in [2.05, 4.69) is 15.3 Å². The van der Waals surface area contributed by atoms with Crippen molar-refractivity contribution in [1.82, 2.24) is 15.3 Å². The van der Waals surface area contributed by atoms with Crippen LogP contribution in [0.15, 0.2) is 42.5 Å². The van der Waals surface area contributed by atoms with Crippen molar-refractivity contribution in [3.63, 3.8) is 0 Å². The maximum Gasteiger partial charge on any atom is 0.251 e. The Labute approximate surface area is 157 Å². The van der Waals surface area contributed by atoms with Crippen LogP contribution >= 0.6 is 0 Å². The van der Waals surface area contributed by atoms with E-state index in [1.54, 1.807) is 32.0 Å². The summed E-state index contributed by atoms with van der Waals surface area (Å²) in [6.45, 7) is 4.00. The fourth-order valence-electron chi connectivity index (χ4n) is 2.82. The second kappa shape index (κ2) is 7.88. The molecule has 142 valence electrons. The molecular formula is C21H24FN3O2. The zero-order chi connectivity index (χ0) is 19.4. The van der Waals surface area contributed by atoms with Crippen molar-refractivity contribution in [2.24, 2.45) is 0 Å². The number of carbonyl (C=O) groups is 1. The van der Waals surface area contributed by atoms with E-state index in [0.29, 0.717) is 41.8 Å². The number of aromatic amines is 1. The lowest BCUT2D eigenvalue weighted by Gasteiger charge is -2.16. The van der Waals surface area contributed by atoms with Crippen molar-refractivity contribution < 1.29 is 14.3 Å². The molecule has 1 amide bonds. The molecule has 0 aliphatic rings. The number of H-pyrrole nitrogens is 1. The molecule has 0 radical (unpaired) electrons.